The highest BCUT2D eigenvalue weighted by molar-refractivity contribution is 5.64. The van der Waals surface area contributed by atoms with E-state index in [1.54, 1.807) is 0 Å². The Morgan fingerprint density at radius 3 is 2.05 bits per heavy atom. The van der Waals surface area contributed by atoms with Crippen LogP contribution in [0.2, 0.25) is 0 Å². The van der Waals surface area contributed by atoms with Gasteiger partial charge in [-0.3, -0.25) is 0 Å². The molecule has 0 amide bonds. The fourth-order valence-corrected chi connectivity index (χ4v) is 2.72. The van der Waals surface area contributed by atoms with Gasteiger partial charge < -0.3 is 4.57 Å². The van der Waals surface area contributed by atoms with Crippen LogP contribution in [0.25, 0.3) is 16.9 Å². The van der Waals surface area contributed by atoms with Gasteiger partial charge in [-0.05, 0) is 48.2 Å². The second kappa shape index (κ2) is 5.61. The molecule has 0 spiro atoms. The molecule has 0 saturated heterocycles. The number of para-hydroxylation sites is 1. The fraction of sp³-hybridized carbons (Fsp3) is 0.200. The van der Waals surface area contributed by atoms with Crippen LogP contribution in [0.15, 0.2) is 66.7 Å². The molecule has 3 aromatic rings. The van der Waals surface area contributed by atoms with Crippen LogP contribution in [0.5, 0.6) is 0 Å². The van der Waals surface area contributed by atoms with Crippen LogP contribution < -0.4 is 0 Å². The van der Waals surface area contributed by atoms with Gasteiger partial charge in [0.1, 0.15) is 0 Å². The Morgan fingerprint density at radius 2 is 1.43 bits per heavy atom. The van der Waals surface area contributed by atoms with E-state index in [-0.39, 0.29) is 0 Å². The molecule has 0 aliphatic heterocycles. The molecule has 106 valence electrons. The molecule has 3 rings (SSSR count). The zero-order valence-electron chi connectivity index (χ0n) is 12.9. The van der Waals surface area contributed by atoms with Crippen LogP contribution in [-0.2, 0) is 0 Å². The Hall–Kier alpha value is -2.28. The lowest BCUT2D eigenvalue weighted by Gasteiger charge is -2.13. The van der Waals surface area contributed by atoms with Gasteiger partial charge in [-0.2, -0.15) is 0 Å². The first-order valence-corrected chi connectivity index (χ1v) is 7.51. The monoisotopic (exact) mass is 275 g/mol. The van der Waals surface area contributed by atoms with Gasteiger partial charge in [0.2, 0.25) is 0 Å². The molecular weight excluding hydrogens is 254 g/mol. The molecule has 2 aromatic carbocycles. The maximum Gasteiger partial charge on any atom is 0.0531 e. The Kier molecular flexibility index (Phi) is 3.66. The van der Waals surface area contributed by atoms with Crippen molar-refractivity contribution in [3.63, 3.8) is 0 Å². The number of hydrogen-bond donors (Lipinski definition) is 0. The highest BCUT2D eigenvalue weighted by atomic mass is 15.0. The fourth-order valence-electron chi connectivity index (χ4n) is 2.72. The van der Waals surface area contributed by atoms with E-state index in [2.05, 4.69) is 92.1 Å². The van der Waals surface area contributed by atoms with Crippen molar-refractivity contribution < 1.29 is 0 Å². The van der Waals surface area contributed by atoms with Crippen molar-refractivity contribution in [3.05, 3.63) is 78.0 Å². The molecule has 1 aromatic heterocycles. The van der Waals surface area contributed by atoms with E-state index in [1.165, 1.54) is 28.2 Å². The maximum atomic E-state index is 2.31. The van der Waals surface area contributed by atoms with Crippen LogP contribution in [0.3, 0.4) is 0 Å². The van der Waals surface area contributed by atoms with Gasteiger partial charge >= 0.3 is 0 Å². The van der Waals surface area contributed by atoms with E-state index in [9.17, 15) is 0 Å². The lowest BCUT2D eigenvalue weighted by atomic mass is 10.0. The van der Waals surface area contributed by atoms with Crippen LogP contribution in [0.1, 0.15) is 31.0 Å². The molecule has 0 atom stereocenters. The molecule has 1 nitrogen and oxygen atoms in total. The van der Waals surface area contributed by atoms with E-state index >= 15 is 0 Å². The van der Waals surface area contributed by atoms with Crippen LogP contribution >= 0.6 is 0 Å². The molecule has 0 N–H and O–H groups in total. The highest BCUT2D eigenvalue weighted by Crippen LogP contribution is 2.27. The van der Waals surface area contributed by atoms with Crippen LogP contribution in [0, 0.1) is 6.92 Å². The zero-order valence-corrected chi connectivity index (χ0v) is 12.9. The molecular formula is C20H21N. The summed E-state index contributed by atoms with van der Waals surface area (Å²) in [5.74, 6) is 0.571. The summed E-state index contributed by atoms with van der Waals surface area (Å²) in [6.07, 6.45) is 0. The van der Waals surface area contributed by atoms with Gasteiger partial charge in [-0.25, -0.2) is 0 Å². The van der Waals surface area contributed by atoms with Gasteiger partial charge in [0.15, 0.2) is 0 Å². The molecule has 0 unspecified atom stereocenters. The van der Waals surface area contributed by atoms with Gasteiger partial charge in [0, 0.05) is 11.4 Å². The molecule has 0 aliphatic carbocycles. The Labute approximate surface area is 126 Å². The van der Waals surface area contributed by atoms with Gasteiger partial charge in [0.05, 0.1) is 5.69 Å². The minimum absolute atomic E-state index is 0.571. The molecule has 1 heteroatoms. The Bertz CT molecular complexity index is 718. The average Bonchev–Trinajstić information content (AvgIpc) is 2.90. The minimum Gasteiger partial charge on any atom is -0.314 e. The number of rotatable bonds is 3. The number of hydrogen-bond acceptors (Lipinski definition) is 0. The summed E-state index contributed by atoms with van der Waals surface area (Å²) in [6.45, 7) is 6.61. The summed E-state index contributed by atoms with van der Waals surface area (Å²) in [6, 6.07) is 23.8. The van der Waals surface area contributed by atoms with E-state index in [0.29, 0.717) is 5.92 Å². The topological polar surface area (TPSA) is 4.93 Å². The molecule has 0 saturated carbocycles. The summed E-state index contributed by atoms with van der Waals surface area (Å²) in [5, 5.41) is 0. The van der Waals surface area contributed by atoms with Crippen molar-refractivity contribution in [1.82, 2.24) is 4.57 Å². The predicted octanol–water partition coefficient (Wildman–Crippen LogP) is 5.58. The van der Waals surface area contributed by atoms with E-state index in [4.69, 9.17) is 0 Å². The van der Waals surface area contributed by atoms with Gasteiger partial charge in [0.25, 0.3) is 0 Å². The number of nitrogens with zero attached hydrogens (tertiary/aromatic N) is 1. The van der Waals surface area contributed by atoms with Crippen LogP contribution in [-0.4, -0.2) is 4.57 Å². The SMILES string of the molecule is Cc1ccc(-c2ccc(C(C)C)cc2)n1-c1ccccc1. The second-order valence-corrected chi connectivity index (χ2v) is 5.81. The molecule has 0 bridgehead atoms. The van der Waals surface area contributed by atoms with Crippen LogP contribution in [0.4, 0.5) is 0 Å². The summed E-state index contributed by atoms with van der Waals surface area (Å²) in [4.78, 5) is 0. The smallest absolute Gasteiger partial charge is 0.0531 e. The summed E-state index contributed by atoms with van der Waals surface area (Å²) >= 11 is 0. The zero-order chi connectivity index (χ0) is 14.8. The summed E-state index contributed by atoms with van der Waals surface area (Å²) in [5.41, 5.74) is 6.35. The van der Waals surface area contributed by atoms with Gasteiger partial charge in [-0.15, -0.1) is 0 Å². The number of benzene rings is 2. The second-order valence-electron chi connectivity index (χ2n) is 5.81. The molecule has 0 radical (unpaired) electrons. The van der Waals surface area contributed by atoms with Crippen molar-refractivity contribution in [2.24, 2.45) is 0 Å². The van der Waals surface area contributed by atoms with Crippen molar-refractivity contribution in [2.75, 3.05) is 0 Å². The Balaban J connectivity index is 2.08. The first-order valence-electron chi connectivity index (χ1n) is 7.51. The number of aromatic nitrogens is 1. The normalized spacial score (nSPS) is 11.0. The molecule has 0 aliphatic rings. The van der Waals surface area contributed by atoms with Gasteiger partial charge in [-0.1, -0.05) is 56.3 Å². The third-order valence-corrected chi connectivity index (χ3v) is 3.96. The quantitative estimate of drug-likeness (QED) is 0.588. The molecule has 1 heterocycles. The first-order chi connectivity index (χ1) is 10.2. The number of aryl methyl sites for hydroxylation is 1. The third kappa shape index (κ3) is 2.64. The van der Waals surface area contributed by atoms with E-state index in [1.807, 2.05) is 0 Å². The van der Waals surface area contributed by atoms with Crippen molar-refractivity contribution in [2.45, 2.75) is 26.7 Å². The standard InChI is InChI=1S/C20H21N/c1-15(2)17-10-12-18(13-11-17)20-14-9-16(3)21(20)19-7-5-4-6-8-19/h4-15H,1-3H3. The molecule has 21 heavy (non-hydrogen) atoms. The van der Waals surface area contributed by atoms with Crippen molar-refractivity contribution in [1.29, 1.82) is 0 Å². The highest BCUT2D eigenvalue weighted by Gasteiger charge is 2.09. The largest absolute Gasteiger partial charge is 0.314 e. The van der Waals surface area contributed by atoms with Crippen molar-refractivity contribution in [3.8, 4) is 16.9 Å². The third-order valence-electron chi connectivity index (χ3n) is 3.96. The Morgan fingerprint density at radius 1 is 0.762 bits per heavy atom. The molecule has 0 fully saturated rings. The minimum atomic E-state index is 0.571. The van der Waals surface area contributed by atoms with E-state index < -0.39 is 0 Å². The van der Waals surface area contributed by atoms with Crippen molar-refractivity contribution >= 4 is 0 Å². The average molecular weight is 275 g/mol. The predicted molar refractivity (Wildman–Crippen MR) is 90.0 cm³/mol. The maximum absolute atomic E-state index is 2.31. The van der Waals surface area contributed by atoms with E-state index in [0.717, 1.165) is 0 Å². The summed E-state index contributed by atoms with van der Waals surface area (Å²) in [7, 11) is 0. The lowest BCUT2D eigenvalue weighted by molar-refractivity contribution is 0.867. The first kappa shape index (κ1) is 13.7. The lowest BCUT2D eigenvalue weighted by Crippen LogP contribution is -1.98. The summed E-state index contributed by atoms with van der Waals surface area (Å²) < 4.78 is 2.31.